The summed E-state index contributed by atoms with van der Waals surface area (Å²) in [7, 11) is 2.26. The number of nitrogens with zero attached hydrogens (tertiary/aromatic N) is 1. The van der Waals surface area contributed by atoms with Gasteiger partial charge < -0.3 is 10.6 Å². The second kappa shape index (κ2) is 5.86. The predicted molar refractivity (Wildman–Crippen MR) is 66.9 cm³/mol. The van der Waals surface area contributed by atoms with E-state index in [0.717, 1.165) is 12.5 Å². The maximum absolute atomic E-state index is 5.93. The first-order valence-electron chi connectivity index (χ1n) is 6.54. The largest absolute Gasteiger partial charge is 0.330 e. The second-order valence-corrected chi connectivity index (χ2v) is 5.40. The van der Waals surface area contributed by atoms with Crippen LogP contribution in [0.4, 0.5) is 0 Å². The quantitative estimate of drug-likeness (QED) is 0.702. The topological polar surface area (TPSA) is 29.3 Å². The lowest BCUT2D eigenvalue weighted by molar-refractivity contribution is 0.130. The van der Waals surface area contributed by atoms with E-state index in [1.165, 1.54) is 45.2 Å². The molecule has 0 amide bonds. The van der Waals surface area contributed by atoms with Gasteiger partial charge in [-0.3, -0.25) is 0 Å². The van der Waals surface area contributed by atoms with Crippen LogP contribution < -0.4 is 5.73 Å². The Morgan fingerprint density at radius 1 is 1.27 bits per heavy atom. The maximum Gasteiger partial charge on any atom is 0.00469 e. The molecule has 1 saturated carbocycles. The SMILES string of the molecule is CCC(CC)(CN)CN(C)CC1CCC1. The van der Waals surface area contributed by atoms with Gasteiger partial charge in [0.25, 0.3) is 0 Å². The predicted octanol–water partition coefficient (Wildman–Crippen LogP) is 2.48. The standard InChI is InChI=1S/C13H28N2/c1-4-13(5-2,10-14)11-15(3)9-12-7-6-8-12/h12H,4-11,14H2,1-3H3. The molecule has 0 aromatic carbocycles. The average molecular weight is 212 g/mol. The highest BCUT2D eigenvalue weighted by Gasteiger charge is 2.27. The Balaban J connectivity index is 2.35. The van der Waals surface area contributed by atoms with E-state index in [-0.39, 0.29) is 0 Å². The third-order valence-corrected chi connectivity index (χ3v) is 4.33. The van der Waals surface area contributed by atoms with Crippen LogP contribution in [0, 0.1) is 11.3 Å². The summed E-state index contributed by atoms with van der Waals surface area (Å²) in [5.74, 6) is 0.971. The van der Waals surface area contributed by atoms with Crippen LogP contribution in [0.1, 0.15) is 46.0 Å². The molecule has 0 spiro atoms. The van der Waals surface area contributed by atoms with Gasteiger partial charge >= 0.3 is 0 Å². The lowest BCUT2D eigenvalue weighted by Gasteiger charge is -2.37. The molecule has 1 rings (SSSR count). The number of rotatable bonds is 7. The Morgan fingerprint density at radius 3 is 2.20 bits per heavy atom. The van der Waals surface area contributed by atoms with E-state index in [2.05, 4.69) is 25.8 Å². The van der Waals surface area contributed by atoms with Gasteiger partial charge in [0.2, 0.25) is 0 Å². The van der Waals surface area contributed by atoms with Gasteiger partial charge in [0.05, 0.1) is 0 Å². The Hall–Kier alpha value is -0.0800. The van der Waals surface area contributed by atoms with Crippen molar-refractivity contribution in [3.8, 4) is 0 Å². The van der Waals surface area contributed by atoms with E-state index < -0.39 is 0 Å². The van der Waals surface area contributed by atoms with Crippen molar-refractivity contribution >= 4 is 0 Å². The fourth-order valence-corrected chi connectivity index (χ4v) is 2.58. The van der Waals surface area contributed by atoms with Crippen LogP contribution in [0.5, 0.6) is 0 Å². The third-order valence-electron chi connectivity index (χ3n) is 4.33. The molecule has 0 radical (unpaired) electrons. The first-order valence-corrected chi connectivity index (χ1v) is 6.54. The normalized spacial score (nSPS) is 18.2. The average Bonchev–Trinajstić information content (AvgIpc) is 2.20. The van der Waals surface area contributed by atoms with Gasteiger partial charge in [0.15, 0.2) is 0 Å². The molecule has 0 aromatic rings. The number of nitrogens with two attached hydrogens (primary N) is 1. The third kappa shape index (κ3) is 3.46. The molecule has 90 valence electrons. The highest BCUT2D eigenvalue weighted by atomic mass is 15.1. The van der Waals surface area contributed by atoms with Crippen molar-refractivity contribution in [2.75, 3.05) is 26.7 Å². The Morgan fingerprint density at radius 2 is 1.87 bits per heavy atom. The van der Waals surface area contributed by atoms with Crippen LogP contribution in [0.15, 0.2) is 0 Å². The molecule has 0 aliphatic heterocycles. The van der Waals surface area contributed by atoms with Crippen molar-refractivity contribution in [2.24, 2.45) is 17.1 Å². The fraction of sp³-hybridized carbons (Fsp3) is 1.00. The van der Waals surface area contributed by atoms with E-state index in [1.807, 2.05) is 0 Å². The molecule has 0 atom stereocenters. The van der Waals surface area contributed by atoms with E-state index >= 15 is 0 Å². The first kappa shape index (κ1) is 13.0. The van der Waals surface area contributed by atoms with Gasteiger partial charge in [-0.05, 0) is 50.6 Å². The van der Waals surface area contributed by atoms with Crippen molar-refractivity contribution in [3.05, 3.63) is 0 Å². The molecule has 0 bridgehead atoms. The van der Waals surface area contributed by atoms with E-state index in [4.69, 9.17) is 5.73 Å². The van der Waals surface area contributed by atoms with Gasteiger partial charge in [0.1, 0.15) is 0 Å². The van der Waals surface area contributed by atoms with Crippen LogP contribution >= 0.6 is 0 Å². The van der Waals surface area contributed by atoms with Crippen LogP contribution in [0.3, 0.4) is 0 Å². The van der Waals surface area contributed by atoms with Crippen LogP contribution in [0.2, 0.25) is 0 Å². The van der Waals surface area contributed by atoms with Gasteiger partial charge in [-0.15, -0.1) is 0 Å². The summed E-state index contributed by atoms with van der Waals surface area (Å²) in [5, 5.41) is 0. The molecule has 1 aliphatic rings. The molecule has 0 heterocycles. The zero-order chi connectivity index (χ0) is 11.3. The lowest BCUT2D eigenvalue weighted by atomic mass is 9.80. The monoisotopic (exact) mass is 212 g/mol. The van der Waals surface area contributed by atoms with E-state index in [1.54, 1.807) is 0 Å². The van der Waals surface area contributed by atoms with Gasteiger partial charge in [-0.2, -0.15) is 0 Å². The molecule has 2 nitrogen and oxygen atoms in total. The molecule has 0 saturated heterocycles. The van der Waals surface area contributed by atoms with Crippen molar-refractivity contribution in [2.45, 2.75) is 46.0 Å². The van der Waals surface area contributed by atoms with E-state index in [9.17, 15) is 0 Å². The Bertz CT molecular complexity index is 163. The van der Waals surface area contributed by atoms with Crippen molar-refractivity contribution < 1.29 is 0 Å². The second-order valence-electron chi connectivity index (χ2n) is 5.40. The smallest absolute Gasteiger partial charge is 0.00469 e. The first-order chi connectivity index (χ1) is 7.15. The van der Waals surface area contributed by atoms with Gasteiger partial charge in [0, 0.05) is 13.1 Å². The summed E-state index contributed by atoms with van der Waals surface area (Å²) >= 11 is 0. The maximum atomic E-state index is 5.93. The van der Waals surface area contributed by atoms with Gasteiger partial charge in [-0.25, -0.2) is 0 Å². The molecule has 0 aromatic heterocycles. The molecule has 15 heavy (non-hydrogen) atoms. The van der Waals surface area contributed by atoms with Crippen LogP contribution in [-0.4, -0.2) is 31.6 Å². The Kier molecular flexibility index (Phi) is 5.07. The summed E-state index contributed by atoms with van der Waals surface area (Å²) in [6, 6.07) is 0. The number of hydrogen-bond donors (Lipinski definition) is 1. The minimum absolute atomic E-state index is 0.360. The summed E-state index contributed by atoms with van der Waals surface area (Å²) < 4.78 is 0. The molecule has 2 N–H and O–H groups in total. The van der Waals surface area contributed by atoms with Crippen molar-refractivity contribution in [1.29, 1.82) is 0 Å². The van der Waals surface area contributed by atoms with Crippen LogP contribution in [0.25, 0.3) is 0 Å². The number of hydrogen-bond acceptors (Lipinski definition) is 2. The molecular formula is C13H28N2. The summed E-state index contributed by atoms with van der Waals surface area (Å²) in [5.41, 5.74) is 6.29. The molecule has 2 heteroatoms. The highest BCUT2D eigenvalue weighted by Crippen LogP contribution is 2.30. The zero-order valence-corrected chi connectivity index (χ0v) is 10.8. The molecule has 1 aliphatic carbocycles. The van der Waals surface area contributed by atoms with Gasteiger partial charge in [-0.1, -0.05) is 20.3 Å². The summed E-state index contributed by atoms with van der Waals surface area (Å²) in [6.45, 7) is 7.82. The summed E-state index contributed by atoms with van der Waals surface area (Å²) in [4.78, 5) is 2.50. The Labute approximate surface area is 95.2 Å². The van der Waals surface area contributed by atoms with Crippen molar-refractivity contribution in [3.63, 3.8) is 0 Å². The highest BCUT2D eigenvalue weighted by molar-refractivity contribution is 4.82. The minimum Gasteiger partial charge on any atom is -0.330 e. The molecule has 1 fully saturated rings. The van der Waals surface area contributed by atoms with Crippen molar-refractivity contribution in [1.82, 2.24) is 4.90 Å². The van der Waals surface area contributed by atoms with Crippen LogP contribution in [-0.2, 0) is 0 Å². The van der Waals surface area contributed by atoms with E-state index in [0.29, 0.717) is 5.41 Å². The lowest BCUT2D eigenvalue weighted by Crippen LogP contribution is -2.42. The fourth-order valence-electron chi connectivity index (χ4n) is 2.58. The molecular weight excluding hydrogens is 184 g/mol. The summed E-state index contributed by atoms with van der Waals surface area (Å²) in [6.07, 6.45) is 6.74. The zero-order valence-electron chi connectivity index (χ0n) is 10.8. The molecule has 0 unspecified atom stereocenters. The minimum atomic E-state index is 0.360.